The number of carbonyl (C=O) groups excluding carboxylic acids is 1. The van der Waals surface area contributed by atoms with Crippen molar-refractivity contribution < 1.29 is 9.21 Å². The average Bonchev–Trinajstić information content (AvgIpc) is 3.37. The molecule has 3 aromatic rings. The van der Waals surface area contributed by atoms with E-state index >= 15 is 0 Å². The summed E-state index contributed by atoms with van der Waals surface area (Å²) in [7, 11) is 0. The number of nitrogens with one attached hydrogen (secondary N) is 1. The second-order valence-corrected chi connectivity index (χ2v) is 6.62. The molecule has 0 unspecified atom stereocenters. The topological polar surface area (TPSA) is 60.1 Å². The fourth-order valence-corrected chi connectivity index (χ4v) is 3.68. The summed E-state index contributed by atoms with van der Waals surface area (Å²) in [6.45, 7) is 4.15. The maximum Gasteiger partial charge on any atom is 0.287 e. The smallest absolute Gasteiger partial charge is 0.287 e. The highest BCUT2D eigenvalue weighted by atomic mass is 16.3. The first-order valence-corrected chi connectivity index (χ1v) is 8.77. The van der Waals surface area contributed by atoms with Gasteiger partial charge in [-0.3, -0.25) is 4.79 Å². The number of aromatic nitrogens is 2. The highest BCUT2D eigenvalue weighted by molar-refractivity contribution is 5.91. The number of para-hydroxylation sites is 1. The van der Waals surface area contributed by atoms with Gasteiger partial charge in [-0.2, -0.15) is 5.10 Å². The summed E-state index contributed by atoms with van der Waals surface area (Å²) >= 11 is 0. The Bertz CT molecular complexity index is 939. The quantitative estimate of drug-likeness (QED) is 0.728. The van der Waals surface area contributed by atoms with Crippen LogP contribution in [0.4, 0.5) is 0 Å². The number of amides is 1. The molecule has 0 fully saturated rings. The average molecular weight is 347 g/mol. The molecule has 26 heavy (non-hydrogen) atoms. The third kappa shape index (κ3) is 2.96. The molecule has 1 aromatic carbocycles. The Morgan fingerprint density at radius 2 is 1.96 bits per heavy atom. The van der Waals surface area contributed by atoms with E-state index in [9.17, 15) is 4.79 Å². The van der Waals surface area contributed by atoms with Crippen LogP contribution in [0.2, 0.25) is 0 Å². The van der Waals surface area contributed by atoms with Gasteiger partial charge in [-0.1, -0.05) is 30.4 Å². The first kappa shape index (κ1) is 16.4. The first-order chi connectivity index (χ1) is 12.6. The number of aryl methyl sites for hydroxylation is 1. The van der Waals surface area contributed by atoms with Crippen molar-refractivity contribution in [2.75, 3.05) is 0 Å². The summed E-state index contributed by atoms with van der Waals surface area (Å²) < 4.78 is 7.15. The number of carbonyl (C=O) groups is 1. The van der Waals surface area contributed by atoms with Crippen LogP contribution in [-0.2, 0) is 0 Å². The van der Waals surface area contributed by atoms with Gasteiger partial charge in [0.05, 0.1) is 17.6 Å². The van der Waals surface area contributed by atoms with E-state index in [4.69, 9.17) is 9.52 Å². The standard InChI is InChI=1S/C21H21N3O2/c1-14-20(15(2)24(23-14)18-7-4-3-5-8-18)16-10-11-17(13-16)22-21(25)19-9-6-12-26-19/h3-12,16-17H,13H2,1-2H3,(H,22,25)/t16-,17-/m1/s1. The Morgan fingerprint density at radius 3 is 2.69 bits per heavy atom. The van der Waals surface area contributed by atoms with Crippen molar-refractivity contribution in [3.63, 3.8) is 0 Å². The lowest BCUT2D eigenvalue weighted by Gasteiger charge is -2.14. The fourth-order valence-electron chi connectivity index (χ4n) is 3.68. The van der Waals surface area contributed by atoms with E-state index in [1.807, 2.05) is 29.8 Å². The maximum absolute atomic E-state index is 12.2. The van der Waals surface area contributed by atoms with Crippen molar-refractivity contribution in [2.45, 2.75) is 32.2 Å². The Kier molecular flexibility index (Phi) is 4.21. The van der Waals surface area contributed by atoms with E-state index in [1.54, 1.807) is 12.1 Å². The van der Waals surface area contributed by atoms with Crippen molar-refractivity contribution in [2.24, 2.45) is 0 Å². The van der Waals surface area contributed by atoms with Gasteiger partial charge in [0.15, 0.2) is 5.76 Å². The number of benzene rings is 1. The summed E-state index contributed by atoms with van der Waals surface area (Å²) in [5, 5.41) is 7.74. The molecular formula is C21H21N3O2. The van der Waals surface area contributed by atoms with Crippen molar-refractivity contribution in [3.8, 4) is 5.69 Å². The molecule has 2 atom stereocenters. The second-order valence-electron chi connectivity index (χ2n) is 6.62. The van der Waals surface area contributed by atoms with Crippen molar-refractivity contribution >= 4 is 5.91 Å². The zero-order valence-corrected chi connectivity index (χ0v) is 14.8. The molecular weight excluding hydrogens is 326 g/mol. The van der Waals surface area contributed by atoms with Crippen LogP contribution in [0.5, 0.6) is 0 Å². The second kappa shape index (κ2) is 6.67. The fraction of sp³-hybridized carbons (Fsp3) is 0.238. The molecule has 1 amide bonds. The summed E-state index contributed by atoms with van der Waals surface area (Å²) in [6, 6.07) is 13.5. The van der Waals surface area contributed by atoms with Gasteiger partial charge in [-0.25, -0.2) is 4.68 Å². The summed E-state index contributed by atoms with van der Waals surface area (Å²) in [5.74, 6) is 0.402. The predicted octanol–water partition coefficient (Wildman–Crippen LogP) is 3.92. The lowest BCUT2D eigenvalue weighted by Crippen LogP contribution is -2.32. The van der Waals surface area contributed by atoms with Crippen molar-refractivity contribution in [1.29, 1.82) is 0 Å². The van der Waals surface area contributed by atoms with Crippen LogP contribution >= 0.6 is 0 Å². The normalized spacial score (nSPS) is 19.0. The van der Waals surface area contributed by atoms with Crippen molar-refractivity contribution in [1.82, 2.24) is 15.1 Å². The Hall–Kier alpha value is -3.08. The van der Waals surface area contributed by atoms with Crippen molar-refractivity contribution in [3.05, 3.63) is 83.6 Å². The number of furan rings is 1. The summed E-state index contributed by atoms with van der Waals surface area (Å²) in [4.78, 5) is 12.2. The Labute approximate surface area is 152 Å². The number of allylic oxidation sites excluding steroid dienone is 1. The zero-order chi connectivity index (χ0) is 18.1. The maximum atomic E-state index is 12.2. The van der Waals surface area contributed by atoms with Crippen LogP contribution in [0.1, 0.15) is 39.8 Å². The summed E-state index contributed by atoms with van der Waals surface area (Å²) in [6.07, 6.45) is 6.56. The zero-order valence-electron chi connectivity index (χ0n) is 14.8. The number of hydrogen-bond acceptors (Lipinski definition) is 3. The molecule has 132 valence electrons. The van der Waals surface area contributed by atoms with Gasteiger partial charge in [-0.15, -0.1) is 0 Å². The van der Waals surface area contributed by atoms with Gasteiger partial charge in [0.25, 0.3) is 5.91 Å². The van der Waals surface area contributed by atoms with E-state index in [1.165, 1.54) is 11.8 Å². The monoisotopic (exact) mass is 347 g/mol. The third-order valence-electron chi connectivity index (χ3n) is 4.86. The van der Waals surface area contributed by atoms with E-state index in [0.29, 0.717) is 5.76 Å². The number of hydrogen-bond donors (Lipinski definition) is 1. The highest BCUT2D eigenvalue weighted by Crippen LogP contribution is 2.34. The molecule has 0 bridgehead atoms. The molecule has 0 radical (unpaired) electrons. The molecule has 5 heteroatoms. The Balaban J connectivity index is 1.52. The molecule has 2 heterocycles. The first-order valence-electron chi connectivity index (χ1n) is 8.77. The van der Waals surface area contributed by atoms with E-state index < -0.39 is 0 Å². The van der Waals surface area contributed by atoms with Gasteiger partial charge in [0.2, 0.25) is 0 Å². The van der Waals surface area contributed by atoms with Gasteiger partial charge >= 0.3 is 0 Å². The van der Waals surface area contributed by atoms with Gasteiger partial charge in [0.1, 0.15) is 0 Å². The Morgan fingerprint density at radius 1 is 1.15 bits per heavy atom. The number of rotatable bonds is 4. The SMILES string of the molecule is Cc1nn(-c2ccccc2)c(C)c1[C@@H]1C=C[C@@H](NC(=O)c2ccco2)C1. The third-order valence-corrected chi connectivity index (χ3v) is 4.86. The van der Waals surface area contributed by atoms with E-state index in [2.05, 4.69) is 36.5 Å². The largest absolute Gasteiger partial charge is 0.459 e. The minimum absolute atomic E-state index is 0.00326. The molecule has 5 nitrogen and oxygen atoms in total. The predicted molar refractivity (Wildman–Crippen MR) is 99.5 cm³/mol. The van der Waals surface area contributed by atoms with Crippen LogP contribution in [0, 0.1) is 13.8 Å². The van der Waals surface area contributed by atoms with Crippen LogP contribution in [0.3, 0.4) is 0 Å². The van der Waals surface area contributed by atoms with Crippen LogP contribution < -0.4 is 5.32 Å². The van der Waals surface area contributed by atoms with Crippen LogP contribution in [-0.4, -0.2) is 21.7 Å². The van der Waals surface area contributed by atoms with Gasteiger partial charge in [-0.05, 0) is 44.5 Å². The minimum atomic E-state index is -0.182. The highest BCUT2D eigenvalue weighted by Gasteiger charge is 2.27. The van der Waals surface area contributed by atoms with Gasteiger partial charge < -0.3 is 9.73 Å². The lowest BCUT2D eigenvalue weighted by atomic mass is 9.96. The summed E-state index contributed by atoms with van der Waals surface area (Å²) in [5.41, 5.74) is 4.46. The van der Waals surface area contributed by atoms with E-state index in [-0.39, 0.29) is 17.9 Å². The number of nitrogens with zero attached hydrogens (tertiary/aromatic N) is 2. The lowest BCUT2D eigenvalue weighted by molar-refractivity contribution is 0.0916. The molecule has 0 saturated heterocycles. The molecule has 1 N–H and O–H groups in total. The van der Waals surface area contributed by atoms with E-state index in [0.717, 1.165) is 23.5 Å². The van der Waals surface area contributed by atoms with Crippen LogP contribution in [0.25, 0.3) is 5.69 Å². The van der Waals surface area contributed by atoms with Gasteiger partial charge in [0, 0.05) is 23.2 Å². The molecule has 4 rings (SSSR count). The molecule has 2 aromatic heterocycles. The molecule has 0 aliphatic heterocycles. The molecule has 1 aliphatic rings. The minimum Gasteiger partial charge on any atom is -0.459 e. The molecule has 0 spiro atoms. The molecule has 0 saturated carbocycles. The van der Waals surface area contributed by atoms with Crippen LogP contribution in [0.15, 0.2) is 65.3 Å². The molecule has 1 aliphatic carbocycles.